The molecular formula is C20H16FNO3S. The molecule has 0 atom stereocenters. The number of hydrogen-bond donors (Lipinski definition) is 0. The summed E-state index contributed by atoms with van der Waals surface area (Å²) in [6, 6.07) is 11.7. The topological polar surface area (TPSA) is 48.4 Å². The lowest BCUT2D eigenvalue weighted by Crippen LogP contribution is -1.97. The first-order valence-corrected chi connectivity index (χ1v) is 8.64. The Hall–Kier alpha value is -2.99. The van der Waals surface area contributed by atoms with Crippen LogP contribution >= 0.6 is 11.3 Å². The molecule has 0 unspecified atom stereocenters. The molecule has 0 aliphatic heterocycles. The molecule has 0 radical (unpaired) electrons. The quantitative estimate of drug-likeness (QED) is 0.460. The molecule has 0 saturated carbocycles. The number of carbonyl (C=O) groups excluding carboxylic acids is 1. The highest BCUT2D eigenvalue weighted by molar-refractivity contribution is 7.13. The van der Waals surface area contributed by atoms with Gasteiger partial charge in [0.1, 0.15) is 10.8 Å². The number of allylic oxidation sites excluding steroid dienone is 1. The average Bonchev–Trinajstić information content (AvgIpc) is 3.15. The molecule has 6 heteroatoms. The van der Waals surface area contributed by atoms with Crippen molar-refractivity contribution < 1.29 is 18.7 Å². The molecule has 0 bridgehead atoms. The number of ketones is 1. The monoisotopic (exact) mass is 369 g/mol. The fourth-order valence-electron chi connectivity index (χ4n) is 2.33. The van der Waals surface area contributed by atoms with Crippen LogP contribution in [0.4, 0.5) is 4.39 Å². The largest absolute Gasteiger partial charge is 0.497 e. The number of rotatable bonds is 6. The summed E-state index contributed by atoms with van der Waals surface area (Å²) < 4.78 is 23.8. The van der Waals surface area contributed by atoms with E-state index in [1.165, 1.54) is 36.7 Å². The maximum atomic E-state index is 13.7. The van der Waals surface area contributed by atoms with Crippen LogP contribution in [0.25, 0.3) is 16.6 Å². The smallest absolute Gasteiger partial charge is 0.186 e. The summed E-state index contributed by atoms with van der Waals surface area (Å²) in [7, 11) is 2.99. The molecule has 0 N–H and O–H groups in total. The molecule has 3 rings (SSSR count). The van der Waals surface area contributed by atoms with E-state index in [1.54, 1.807) is 13.2 Å². The van der Waals surface area contributed by atoms with E-state index in [1.807, 2.05) is 29.6 Å². The third-order valence-electron chi connectivity index (χ3n) is 3.68. The first-order valence-electron chi connectivity index (χ1n) is 7.76. The van der Waals surface area contributed by atoms with E-state index in [0.29, 0.717) is 5.69 Å². The lowest BCUT2D eigenvalue weighted by molar-refractivity contribution is 0.104. The van der Waals surface area contributed by atoms with E-state index in [0.717, 1.165) is 22.4 Å². The fraction of sp³-hybridized carbons (Fsp3) is 0.100. The minimum absolute atomic E-state index is 0.105. The first kappa shape index (κ1) is 17.8. The van der Waals surface area contributed by atoms with Crippen LogP contribution < -0.4 is 9.47 Å². The molecule has 0 saturated heterocycles. The van der Waals surface area contributed by atoms with Gasteiger partial charge in [0.2, 0.25) is 0 Å². The van der Waals surface area contributed by atoms with Crippen molar-refractivity contribution in [1.29, 1.82) is 0 Å². The summed E-state index contributed by atoms with van der Waals surface area (Å²) in [5.41, 5.74) is 1.86. The van der Waals surface area contributed by atoms with Crippen molar-refractivity contribution in [2.24, 2.45) is 0 Å². The van der Waals surface area contributed by atoms with Gasteiger partial charge in [-0.1, -0.05) is 12.1 Å². The zero-order valence-electron chi connectivity index (χ0n) is 14.2. The van der Waals surface area contributed by atoms with Gasteiger partial charge in [-0.2, -0.15) is 0 Å². The van der Waals surface area contributed by atoms with Crippen LogP contribution in [0.2, 0.25) is 0 Å². The van der Waals surface area contributed by atoms with Crippen LogP contribution in [0.5, 0.6) is 11.5 Å². The SMILES string of the molecule is COc1cccc(-c2nc(/C=C/C(=O)c3ccc(OC)c(F)c3)cs2)c1. The molecule has 0 amide bonds. The molecule has 132 valence electrons. The fourth-order valence-corrected chi connectivity index (χ4v) is 3.11. The Morgan fingerprint density at radius 3 is 2.73 bits per heavy atom. The van der Waals surface area contributed by atoms with Crippen LogP contribution in [-0.4, -0.2) is 25.0 Å². The number of carbonyl (C=O) groups is 1. The molecule has 3 aromatic rings. The number of methoxy groups -OCH3 is 2. The number of ether oxygens (including phenoxy) is 2. The summed E-state index contributed by atoms with van der Waals surface area (Å²) in [4.78, 5) is 16.7. The van der Waals surface area contributed by atoms with Gasteiger partial charge in [0.25, 0.3) is 0 Å². The molecule has 0 aliphatic carbocycles. The number of nitrogens with zero attached hydrogens (tertiary/aromatic N) is 1. The number of halogens is 1. The lowest BCUT2D eigenvalue weighted by atomic mass is 10.1. The Kier molecular flexibility index (Phi) is 5.43. The summed E-state index contributed by atoms with van der Waals surface area (Å²) in [6.45, 7) is 0. The Morgan fingerprint density at radius 1 is 1.15 bits per heavy atom. The minimum atomic E-state index is -0.569. The molecule has 0 spiro atoms. The Balaban J connectivity index is 1.76. The summed E-state index contributed by atoms with van der Waals surface area (Å²) >= 11 is 1.47. The van der Waals surface area contributed by atoms with Crippen molar-refractivity contribution in [1.82, 2.24) is 4.98 Å². The Bertz CT molecular complexity index is 965. The Morgan fingerprint density at radius 2 is 2.00 bits per heavy atom. The van der Waals surface area contributed by atoms with E-state index in [9.17, 15) is 9.18 Å². The van der Waals surface area contributed by atoms with E-state index in [-0.39, 0.29) is 17.1 Å². The van der Waals surface area contributed by atoms with Crippen LogP contribution in [0.1, 0.15) is 16.1 Å². The summed E-state index contributed by atoms with van der Waals surface area (Å²) in [5.74, 6) is -0.0114. The molecule has 0 aliphatic rings. The predicted molar refractivity (Wildman–Crippen MR) is 100 cm³/mol. The van der Waals surface area contributed by atoms with E-state index < -0.39 is 5.82 Å². The van der Waals surface area contributed by atoms with Gasteiger partial charge >= 0.3 is 0 Å². The van der Waals surface area contributed by atoms with Crippen molar-refractivity contribution in [2.75, 3.05) is 14.2 Å². The van der Waals surface area contributed by atoms with Crippen molar-refractivity contribution in [3.8, 4) is 22.1 Å². The second kappa shape index (κ2) is 7.93. The predicted octanol–water partition coefficient (Wildman–Crippen LogP) is 4.86. The highest BCUT2D eigenvalue weighted by atomic mass is 32.1. The van der Waals surface area contributed by atoms with Gasteiger partial charge in [0.15, 0.2) is 17.3 Å². The standard InChI is InChI=1S/C20H16FNO3S/c1-24-16-5-3-4-14(10-16)20-22-15(12-26-20)7-8-18(23)13-6-9-19(25-2)17(21)11-13/h3-12H,1-2H3/b8-7+. The van der Waals surface area contributed by atoms with Crippen LogP contribution in [0.15, 0.2) is 53.9 Å². The van der Waals surface area contributed by atoms with Crippen LogP contribution in [-0.2, 0) is 0 Å². The second-order valence-corrected chi connectivity index (χ2v) is 6.21. The van der Waals surface area contributed by atoms with Gasteiger partial charge in [-0.05, 0) is 42.5 Å². The average molecular weight is 369 g/mol. The van der Waals surface area contributed by atoms with E-state index in [2.05, 4.69) is 4.98 Å². The van der Waals surface area contributed by atoms with Gasteiger partial charge in [0, 0.05) is 16.5 Å². The normalized spacial score (nSPS) is 10.9. The van der Waals surface area contributed by atoms with Gasteiger partial charge in [-0.3, -0.25) is 4.79 Å². The molecule has 1 aromatic heterocycles. The maximum absolute atomic E-state index is 13.7. The first-order chi connectivity index (χ1) is 12.6. The zero-order chi connectivity index (χ0) is 18.5. The van der Waals surface area contributed by atoms with Crippen molar-refractivity contribution >= 4 is 23.2 Å². The zero-order valence-corrected chi connectivity index (χ0v) is 15.0. The minimum Gasteiger partial charge on any atom is -0.497 e. The molecule has 26 heavy (non-hydrogen) atoms. The van der Waals surface area contributed by atoms with Gasteiger partial charge < -0.3 is 9.47 Å². The number of hydrogen-bond acceptors (Lipinski definition) is 5. The molecule has 2 aromatic carbocycles. The number of thiazole rings is 1. The Labute approximate surface area is 154 Å². The summed E-state index contributed by atoms with van der Waals surface area (Å²) in [5, 5.41) is 2.68. The second-order valence-electron chi connectivity index (χ2n) is 5.36. The molecule has 4 nitrogen and oxygen atoms in total. The molecular weight excluding hydrogens is 353 g/mol. The molecule has 0 fully saturated rings. The van der Waals surface area contributed by atoms with Gasteiger partial charge in [-0.25, -0.2) is 9.37 Å². The summed E-state index contributed by atoms with van der Waals surface area (Å²) in [6.07, 6.45) is 3.00. The molecule has 1 heterocycles. The van der Waals surface area contributed by atoms with Crippen molar-refractivity contribution in [2.45, 2.75) is 0 Å². The number of aromatic nitrogens is 1. The maximum Gasteiger partial charge on any atom is 0.186 e. The van der Waals surface area contributed by atoms with Crippen LogP contribution in [0.3, 0.4) is 0 Å². The van der Waals surface area contributed by atoms with Gasteiger partial charge in [0.05, 0.1) is 19.9 Å². The third kappa shape index (κ3) is 3.97. The number of benzene rings is 2. The highest BCUT2D eigenvalue weighted by Crippen LogP contribution is 2.27. The van der Waals surface area contributed by atoms with Crippen LogP contribution in [0, 0.1) is 5.82 Å². The third-order valence-corrected chi connectivity index (χ3v) is 4.59. The highest BCUT2D eigenvalue weighted by Gasteiger charge is 2.09. The van der Waals surface area contributed by atoms with E-state index in [4.69, 9.17) is 9.47 Å². The van der Waals surface area contributed by atoms with Crippen molar-refractivity contribution in [3.63, 3.8) is 0 Å². The van der Waals surface area contributed by atoms with E-state index >= 15 is 0 Å². The van der Waals surface area contributed by atoms with Gasteiger partial charge in [-0.15, -0.1) is 11.3 Å². The lowest BCUT2D eigenvalue weighted by Gasteiger charge is -2.02. The van der Waals surface area contributed by atoms with Crippen molar-refractivity contribution in [3.05, 3.63) is 71.0 Å².